The van der Waals surface area contributed by atoms with Gasteiger partial charge in [-0.2, -0.15) is 0 Å². The summed E-state index contributed by atoms with van der Waals surface area (Å²) < 4.78 is 1.79. The molecule has 0 saturated carbocycles. The fourth-order valence-corrected chi connectivity index (χ4v) is 2.45. The quantitative estimate of drug-likeness (QED) is 0.678. The van der Waals surface area contributed by atoms with Crippen molar-refractivity contribution in [3.8, 4) is 0 Å². The van der Waals surface area contributed by atoms with Gasteiger partial charge in [0.15, 0.2) is 5.78 Å². The van der Waals surface area contributed by atoms with Crippen molar-refractivity contribution in [2.45, 2.75) is 20.4 Å². The SMILES string of the molecule is Cc1ccc(C)c2cc(C(=O)Cn3ccnc3)ccc12. The predicted molar refractivity (Wildman–Crippen MR) is 80.0 cm³/mol. The molecule has 0 N–H and O–H groups in total. The first-order valence-electron chi connectivity index (χ1n) is 6.64. The van der Waals surface area contributed by atoms with Gasteiger partial charge in [0.1, 0.15) is 0 Å². The van der Waals surface area contributed by atoms with Crippen molar-refractivity contribution in [1.82, 2.24) is 9.55 Å². The van der Waals surface area contributed by atoms with E-state index in [4.69, 9.17) is 0 Å². The number of fused-ring (bicyclic) bond motifs is 1. The molecule has 1 aromatic heterocycles. The van der Waals surface area contributed by atoms with Crippen molar-refractivity contribution >= 4 is 16.6 Å². The Balaban J connectivity index is 2.00. The highest BCUT2D eigenvalue weighted by Gasteiger charge is 2.09. The molecule has 0 radical (unpaired) electrons. The number of aromatic nitrogens is 2. The monoisotopic (exact) mass is 264 g/mol. The number of hydrogen-bond donors (Lipinski definition) is 0. The Bertz CT molecular complexity index is 773. The van der Waals surface area contributed by atoms with Crippen LogP contribution in [0.1, 0.15) is 21.5 Å². The van der Waals surface area contributed by atoms with Crippen LogP contribution in [0.15, 0.2) is 49.1 Å². The molecule has 1 heterocycles. The lowest BCUT2D eigenvalue weighted by molar-refractivity contribution is 0.0972. The van der Waals surface area contributed by atoms with E-state index in [1.54, 1.807) is 23.3 Å². The molecule has 3 nitrogen and oxygen atoms in total. The number of benzene rings is 2. The maximum Gasteiger partial charge on any atom is 0.182 e. The molecule has 0 fully saturated rings. The van der Waals surface area contributed by atoms with E-state index in [0.29, 0.717) is 6.54 Å². The van der Waals surface area contributed by atoms with Crippen molar-refractivity contribution in [3.05, 3.63) is 65.7 Å². The van der Waals surface area contributed by atoms with Gasteiger partial charge < -0.3 is 4.57 Å². The smallest absolute Gasteiger partial charge is 0.182 e. The number of nitrogens with zero attached hydrogens (tertiary/aromatic N) is 2. The van der Waals surface area contributed by atoms with Gasteiger partial charge in [-0.1, -0.05) is 24.3 Å². The molecule has 0 atom stereocenters. The minimum Gasteiger partial charge on any atom is -0.330 e. The molecule has 0 spiro atoms. The summed E-state index contributed by atoms with van der Waals surface area (Å²) in [7, 11) is 0. The normalized spacial score (nSPS) is 10.9. The van der Waals surface area contributed by atoms with Crippen LogP contribution in [-0.2, 0) is 6.54 Å². The fraction of sp³-hybridized carbons (Fsp3) is 0.176. The largest absolute Gasteiger partial charge is 0.330 e. The van der Waals surface area contributed by atoms with Gasteiger partial charge in [-0.05, 0) is 41.8 Å². The summed E-state index contributed by atoms with van der Waals surface area (Å²) in [5.41, 5.74) is 3.18. The lowest BCUT2D eigenvalue weighted by Crippen LogP contribution is -2.08. The van der Waals surface area contributed by atoms with Gasteiger partial charge in [0.25, 0.3) is 0 Å². The highest BCUT2D eigenvalue weighted by atomic mass is 16.1. The molecule has 3 heteroatoms. The number of imidazole rings is 1. The van der Waals surface area contributed by atoms with Crippen LogP contribution in [0.25, 0.3) is 10.8 Å². The fourth-order valence-electron chi connectivity index (χ4n) is 2.45. The van der Waals surface area contributed by atoms with Crippen LogP contribution in [0.4, 0.5) is 0 Å². The van der Waals surface area contributed by atoms with Crippen LogP contribution in [0.3, 0.4) is 0 Å². The first-order chi connectivity index (χ1) is 9.65. The Hall–Kier alpha value is -2.42. The van der Waals surface area contributed by atoms with Gasteiger partial charge in [0, 0.05) is 18.0 Å². The first kappa shape index (κ1) is 12.6. The van der Waals surface area contributed by atoms with Crippen LogP contribution in [0.2, 0.25) is 0 Å². The number of carbonyl (C=O) groups excluding carboxylic acids is 1. The second-order valence-corrected chi connectivity index (χ2v) is 5.12. The lowest BCUT2D eigenvalue weighted by Gasteiger charge is -2.08. The number of rotatable bonds is 3. The summed E-state index contributed by atoms with van der Waals surface area (Å²) in [6.07, 6.45) is 5.14. The third-order valence-corrected chi connectivity index (χ3v) is 3.66. The zero-order valence-electron chi connectivity index (χ0n) is 11.6. The lowest BCUT2D eigenvalue weighted by atomic mass is 9.97. The van der Waals surface area contributed by atoms with E-state index < -0.39 is 0 Å². The number of ketones is 1. The Labute approximate surface area is 117 Å². The van der Waals surface area contributed by atoms with Crippen molar-refractivity contribution in [2.24, 2.45) is 0 Å². The zero-order valence-corrected chi connectivity index (χ0v) is 11.6. The highest BCUT2D eigenvalue weighted by Crippen LogP contribution is 2.23. The van der Waals surface area contributed by atoms with E-state index in [9.17, 15) is 4.79 Å². The molecule has 3 rings (SSSR count). The van der Waals surface area contributed by atoms with E-state index in [1.807, 2.05) is 18.2 Å². The third kappa shape index (κ3) is 2.23. The summed E-state index contributed by atoms with van der Waals surface area (Å²) in [6, 6.07) is 10.2. The maximum absolute atomic E-state index is 12.3. The number of hydrogen-bond acceptors (Lipinski definition) is 2. The Kier molecular flexibility index (Phi) is 3.11. The van der Waals surface area contributed by atoms with E-state index in [2.05, 4.69) is 31.0 Å². The summed E-state index contributed by atoms with van der Waals surface area (Å²) in [5, 5.41) is 2.37. The molecule has 2 aromatic carbocycles. The molecule has 0 aliphatic carbocycles. The van der Waals surface area contributed by atoms with Crippen molar-refractivity contribution in [3.63, 3.8) is 0 Å². The molecule has 0 bridgehead atoms. The van der Waals surface area contributed by atoms with Gasteiger partial charge in [-0.15, -0.1) is 0 Å². The number of aryl methyl sites for hydroxylation is 2. The standard InChI is InChI=1S/C17H16N2O/c1-12-3-4-13(2)16-9-14(5-6-15(12)16)17(20)10-19-8-7-18-11-19/h3-9,11H,10H2,1-2H3. The van der Waals surface area contributed by atoms with Crippen LogP contribution in [0, 0.1) is 13.8 Å². The predicted octanol–water partition coefficient (Wildman–Crippen LogP) is 3.54. The molecule has 20 heavy (non-hydrogen) atoms. The molecule has 0 saturated heterocycles. The molecular formula is C17H16N2O. The van der Waals surface area contributed by atoms with E-state index in [1.165, 1.54) is 16.5 Å². The van der Waals surface area contributed by atoms with Gasteiger partial charge in [0.2, 0.25) is 0 Å². The second kappa shape index (κ2) is 4.93. The number of Topliss-reactive ketones (excluding diaryl/α,β-unsaturated/α-hetero) is 1. The van der Waals surface area contributed by atoms with E-state index >= 15 is 0 Å². The van der Waals surface area contributed by atoms with Crippen molar-refractivity contribution in [2.75, 3.05) is 0 Å². The van der Waals surface area contributed by atoms with Crippen LogP contribution >= 0.6 is 0 Å². The average Bonchev–Trinajstić information content (AvgIpc) is 2.95. The maximum atomic E-state index is 12.3. The minimum atomic E-state index is 0.103. The summed E-state index contributed by atoms with van der Waals surface area (Å²) in [6.45, 7) is 4.50. The average molecular weight is 264 g/mol. The molecule has 0 aliphatic rings. The Morgan fingerprint density at radius 3 is 2.55 bits per heavy atom. The molecule has 3 aromatic rings. The van der Waals surface area contributed by atoms with Gasteiger partial charge in [-0.25, -0.2) is 4.98 Å². The first-order valence-corrected chi connectivity index (χ1v) is 6.64. The molecule has 0 aliphatic heterocycles. The molecule has 0 amide bonds. The molecule has 100 valence electrons. The summed E-state index contributed by atoms with van der Waals surface area (Å²) in [5.74, 6) is 0.103. The van der Waals surface area contributed by atoms with Crippen LogP contribution < -0.4 is 0 Å². The second-order valence-electron chi connectivity index (χ2n) is 5.12. The third-order valence-electron chi connectivity index (χ3n) is 3.66. The van der Waals surface area contributed by atoms with Crippen molar-refractivity contribution < 1.29 is 4.79 Å². The minimum absolute atomic E-state index is 0.103. The Morgan fingerprint density at radius 2 is 1.85 bits per heavy atom. The molecular weight excluding hydrogens is 248 g/mol. The van der Waals surface area contributed by atoms with Crippen LogP contribution in [-0.4, -0.2) is 15.3 Å². The molecule has 0 unspecified atom stereocenters. The zero-order chi connectivity index (χ0) is 14.1. The summed E-state index contributed by atoms with van der Waals surface area (Å²) >= 11 is 0. The Morgan fingerprint density at radius 1 is 1.10 bits per heavy atom. The van der Waals surface area contributed by atoms with Gasteiger partial charge in [0.05, 0.1) is 12.9 Å². The summed E-state index contributed by atoms with van der Waals surface area (Å²) in [4.78, 5) is 16.3. The van der Waals surface area contributed by atoms with Crippen molar-refractivity contribution in [1.29, 1.82) is 0 Å². The van der Waals surface area contributed by atoms with Gasteiger partial charge >= 0.3 is 0 Å². The topological polar surface area (TPSA) is 34.9 Å². The highest BCUT2D eigenvalue weighted by molar-refractivity contribution is 6.01. The van der Waals surface area contributed by atoms with E-state index in [-0.39, 0.29) is 5.78 Å². The van der Waals surface area contributed by atoms with E-state index in [0.717, 1.165) is 10.9 Å². The van der Waals surface area contributed by atoms with Gasteiger partial charge in [-0.3, -0.25) is 4.79 Å². The number of carbonyl (C=O) groups is 1. The van der Waals surface area contributed by atoms with Crippen LogP contribution in [0.5, 0.6) is 0 Å².